The Labute approximate surface area is 116 Å². The van der Waals surface area contributed by atoms with Crippen LogP contribution < -0.4 is 10.2 Å². The smallest absolute Gasteiger partial charge is 0.495 e. The first kappa shape index (κ1) is 13.8. The van der Waals surface area contributed by atoms with E-state index in [2.05, 4.69) is 20.9 Å². The standard InChI is InChI=1S/C12H17BBrNO3/c1-11(2)12(3,4)18-13(17-11)9-6-8(16-5)7-15-10(9)14/h6-7H,1-5H3. The first-order valence-electron chi connectivity index (χ1n) is 5.82. The van der Waals surface area contributed by atoms with Gasteiger partial charge in [-0.25, -0.2) is 4.98 Å². The second kappa shape index (κ2) is 4.51. The molecule has 18 heavy (non-hydrogen) atoms. The lowest BCUT2D eigenvalue weighted by atomic mass is 9.80. The summed E-state index contributed by atoms with van der Waals surface area (Å²) < 4.78 is 17.9. The summed E-state index contributed by atoms with van der Waals surface area (Å²) >= 11 is 3.42. The molecule has 1 fully saturated rings. The van der Waals surface area contributed by atoms with Gasteiger partial charge in [-0.1, -0.05) is 0 Å². The maximum Gasteiger partial charge on any atom is 0.497 e. The third-order valence-electron chi connectivity index (χ3n) is 3.58. The number of hydrogen-bond donors (Lipinski definition) is 0. The summed E-state index contributed by atoms with van der Waals surface area (Å²) in [6.07, 6.45) is 1.65. The second-order valence-electron chi connectivity index (χ2n) is 5.34. The molecule has 1 aromatic heterocycles. The highest BCUT2D eigenvalue weighted by molar-refractivity contribution is 9.10. The van der Waals surface area contributed by atoms with Crippen molar-refractivity contribution in [3.63, 3.8) is 0 Å². The van der Waals surface area contributed by atoms with Gasteiger partial charge in [-0.2, -0.15) is 0 Å². The SMILES string of the molecule is COc1cnc(Br)c(B2OC(C)(C)C(C)(C)O2)c1. The lowest BCUT2D eigenvalue weighted by molar-refractivity contribution is 0.00578. The summed E-state index contributed by atoms with van der Waals surface area (Å²) in [5, 5.41) is 0. The zero-order valence-corrected chi connectivity index (χ0v) is 12.9. The van der Waals surface area contributed by atoms with Crippen LogP contribution >= 0.6 is 15.9 Å². The maximum atomic E-state index is 5.98. The van der Waals surface area contributed by atoms with Gasteiger partial charge >= 0.3 is 7.12 Å². The van der Waals surface area contributed by atoms with Gasteiger partial charge in [0, 0.05) is 5.46 Å². The molecule has 1 aliphatic rings. The fourth-order valence-corrected chi connectivity index (χ4v) is 2.10. The lowest BCUT2D eigenvalue weighted by Gasteiger charge is -2.32. The van der Waals surface area contributed by atoms with E-state index in [1.54, 1.807) is 13.3 Å². The molecule has 0 saturated carbocycles. The molecule has 0 atom stereocenters. The average molecular weight is 314 g/mol. The van der Waals surface area contributed by atoms with E-state index < -0.39 is 7.12 Å². The van der Waals surface area contributed by atoms with Crippen LogP contribution in [0.5, 0.6) is 5.75 Å². The van der Waals surface area contributed by atoms with Crippen LogP contribution in [0.15, 0.2) is 16.9 Å². The van der Waals surface area contributed by atoms with Gasteiger partial charge in [0.2, 0.25) is 0 Å². The van der Waals surface area contributed by atoms with Gasteiger partial charge < -0.3 is 14.0 Å². The third-order valence-corrected chi connectivity index (χ3v) is 4.25. The van der Waals surface area contributed by atoms with E-state index in [1.165, 1.54) is 0 Å². The van der Waals surface area contributed by atoms with Crippen molar-refractivity contribution in [2.45, 2.75) is 38.9 Å². The highest BCUT2D eigenvalue weighted by Crippen LogP contribution is 2.37. The van der Waals surface area contributed by atoms with Crippen molar-refractivity contribution in [1.29, 1.82) is 0 Å². The Hall–Kier alpha value is -0.585. The van der Waals surface area contributed by atoms with Crippen LogP contribution in [-0.2, 0) is 9.31 Å². The molecule has 0 bridgehead atoms. The number of methoxy groups -OCH3 is 1. The first-order valence-corrected chi connectivity index (χ1v) is 6.61. The van der Waals surface area contributed by atoms with Crippen LogP contribution in [0.1, 0.15) is 27.7 Å². The van der Waals surface area contributed by atoms with Crippen LogP contribution in [0.4, 0.5) is 0 Å². The number of ether oxygens (including phenoxy) is 1. The minimum atomic E-state index is -0.438. The van der Waals surface area contributed by atoms with Crippen molar-refractivity contribution in [3.8, 4) is 5.75 Å². The molecule has 98 valence electrons. The second-order valence-corrected chi connectivity index (χ2v) is 6.09. The number of rotatable bonds is 2. The molecule has 6 heteroatoms. The third kappa shape index (κ3) is 2.29. The molecular formula is C12H17BBrNO3. The molecule has 2 heterocycles. The van der Waals surface area contributed by atoms with Crippen molar-refractivity contribution in [1.82, 2.24) is 4.98 Å². The first-order chi connectivity index (χ1) is 8.27. The van der Waals surface area contributed by atoms with Gasteiger partial charge in [0.05, 0.1) is 24.5 Å². The van der Waals surface area contributed by atoms with Crippen LogP contribution in [0, 0.1) is 0 Å². The molecule has 0 unspecified atom stereocenters. The predicted molar refractivity (Wildman–Crippen MR) is 74.2 cm³/mol. The van der Waals surface area contributed by atoms with E-state index in [0.717, 1.165) is 5.46 Å². The minimum Gasteiger partial charge on any atom is -0.495 e. The van der Waals surface area contributed by atoms with Crippen molar-refractivity contribution in [3.05, 3.63) is 16.9 Å². The van der Waals surface area contributed by atoms with Gasteiger partial charge in [0.15, 0.2) is 0 Å². The Morgan fingerprint density at radius 1 is 1.22 bits per heavy atom. The molecule has 0 N–H and O–H groups in total. The summed E-state index contributed by atoms with van der Waals surface area (Å²) in [6, 6.07) is 1.87. The van der Waals surface area contributed by atoms with E-state index in [1.807, 2.05) is 33.8 Å². The zero-order valence-electron chi connectivity index (χ0n) is 11.3. The summed E-state index contributed by atoms with van der Waals surface area (Å²) in [7, 11) is 1.17. The fraction of sp³-hybridized carbons (Fsp3) is 0.583. The van der Waals surface area contributed by atoms with E-state index >= 15 is 0 Å². The minimum absolute atomic E-state index is 0.361. The van der Waals surface area contributed by atoms with Crippen LogP contribution in [-0.4, -0.2) is 30.4 Å². The number of halogens is 1. The Kier molecular flexibility index (Phi) is 3.47. The lowest BCUT2D eigenvalue weighted by Crippen LogP contribution is -2.41. The topological polar surface area (TPSA) is 40.6 Å². The molecular weight excluding hydrogens is 297 g/mol. The number of hydrogen-bond acceptors (Lipinski definition) is 4. The van der Waals surface area contributed by atoms with Gasteiger partial charge in [-0.15, -0.1) is 0 Å². The molecule has 2 rings (SSSR count). The molecule has 0 spiro atoms. The van der Waals surface area contributed by atoms with Crippen molar-refractivity contribution in [2.75, 3.05) is 7.11 Å². The van der Waals surface area contributed by atoms with Crippen LogP contribution in [0.3, 0.4) is 0 Å². The molecule has 1 saturated heterocycles. The summed E-state index contributed by atoms with van der Waals surface area (Å²) in [6.45, 7) is 8.09. The van der Waals surface area contributed by atoms with Crippen LogP contribution in [0.2, 0.25) is 0 Å². The van der Waals surface area contributed by atoms with Gasteiger partial charge in [0.25, 0.3) is 0 Å². The van der Waals surface area contributed by atoms with Gasteiger partial charge in [0.1, 0.15) is 10.4 Å². The van der Waals surface area contributed by atoms with Crippen molar-refractivity contribution in [2.24, 2.45) is 0 Å². The Balaban J connectivity index is 2.34. The highest BCUT2D eigenvalue weighted by atomic mass is 79.9. The number of nitrogens with zero attached hydrogens (tertiary/aromatic N) is 1. The Bertz CT molecular complexity index is 449. The van der Waals surface area contributed by atoms with Crippen molar-refractivity contribution < 1.29 is 14.0 Å². The Morgan fingerprint density at radius 3 is 2.28 bits per heavy atom. The summed E-state index contributed by atoms with van der Waals surface area (Å²) in [4.78, 5) is 4.22. The summed E-state index contributed by atoms with van der Waals surface area (Å²) in [5.41, 5.74) is 0.119. The molecule has 1 aliphatic heterocycles. The molecule has 1 aromatic rings. The van der Waals surface area contributed by atoms with Crippen LogP contribution in [0.25, 0.3) is 0 Å². The van der Waals surface area contributed by atoms with E-state index in [9.17, 15) is 0 Å². The van der Waals surface area contributed by atoms with Gasteiger partial charge in [-0.05, 0) is 49.7 Å². The van der Waals surface area contributed by atoms with Gasteiger partial charge in [-0.3, -0.25) is 0 Å². The van der Waals surface area contributed by atoms with E-state index in [4.69, 9.17) is 14.0 Å². The maximum absolute atomic E-state index is 5.98. The molecule has 0 aromatic carbocycles. The monoisotopic (exact) mass is 313 g/mol. The normalized spacial score (nSPS) is 21.1. The zero-order chi connectivity index (χ0) is 13.6. The van der Waals surface area contributed by atoms with Crippen molar-refractivity contribution >= 4 is 28.5 Å². The largest absolute Gasteiger partial charge is 0.497 e. The fourth-order valence-electron chi connectivity index (χ4n) is 1.69. The summed E-state index contributed by atoms with van der Waals surface area (Å²) in [5.74, 6) is 0.683. The predicted octanol–water partition coefficient (Wildman–Crippen LogP) is 2.15. The van der Waals surface area contributed by atoms with E-state index in [-0.39, 0.29) is 11.2 Å². The number of pyridine rings is 1. The molecule has 0 aliphatic carbocycles. The Morgan fingerprint density at radius 2 is 1.78 bits per heavy atom. The molecule has 4 nitrogen and oxygen atoms in total. The molecule has 0 amide bonds. The quantitative estimate of drug-likeness (QED) is 0.619. The highest BCUT2D eigenvalue weighted by Gasteiger charge is 2.52. The van der Waals surface area contributed by atoms with E-state index in [0.29, 0.717) is 10.4 Å². The molecule has 0 radical (unpaired) electrons. The number of aromatic nitrogens is 1. The average Bonchev–Trinajstić information content (AvgIpc) is 2.48.